The van der Waals surface area contributed by atoms with E-state index < -0.39 is 36.5 Å². The summed E-state index contributed by atoms with van der Waals surface area (Å²) in [5, 5.41) is 22.1. The molecule has 1 aromatic heterocycles. The average Bonchev–Trinajstić information content (AvgIpc) is 2.94. The number of rotatable bonds is 5. The molecule has 1 heterocycles. The summed E-state index contributed by atoms with van der Waals surface area (Å²) < 4.78 is 41.1. The highest BCUT2D eigenvalue weighted by Gasteiger charge is 2.57. The SMILES string of the molecule is Cc1ccc(O)c(C(=O)NCCC(O)(c2nccn2C)C(F)(F)F)c1. The minimum atomic E-state index is -4.97. The van der Waals surface area contributed by atoms with Gasteiger partial charge in [0.2, 0.25) is 5.60 Å². The predicted molar refractivity (Wildman–Crippen MR) is 83.0 cm³/mol. The van der Waals surface area contributed by atoms with Crippen molar-refractivity contribution in [3.05, 3.63) is 47.5 Å². The Kier molecular flexibility index (Phi) is 5.07. The second kappa shape index (κ2) is 6.75. The lowest BCUT2D eigenvalue weighted by Crippen LogP contribution is -2.46. The smallest absolute Gasteiger partial charge is 0.424 e. The third kappa shape index (κ3) is 3.76. The normalized spacial score (nSPS) is 14.2. The van der Waals surface area contributed by atoms with E-state index in [1.807, 2.05) is 0 Å². The lowest BCUT2D eigenvalue weighted by Gasteiger charge is -2.30. The van der Waals surface area contributed by atoms with Crippen molar-refractivity contribution in [2.45, 2.75) is 25.1 Å². The van der Waals surface area contributed by atoms with Gasteiger partial charge >= 0.3 is 6.18 Å². The van der Waals surface area contributed by atoms with Gasteiger partial charge in [0.1, 0.15) is 11.6 Å². The molecule has 1 amide bonds. The Morgan fingerprint density at radius 1 is 1.36 bits per heavy atom. The van der Waals surface area contributed by atoms with Crippen LogP contribution in [0.3, 0.4) is 0 Å². The van der Waals surface area contributed by atoms with Gasteiger partial charge in [0.05, 0.1) is 5.56 Å². The number of imidazole rings is 1. The number of nitrogens with one attached hydrogen (secondary N) is 1. The van der Waals surface area contributed by atoms with Gasteiger partial charge in [0, 0.05) is 32.4 Å². The number of nitrogens with zero attached hydrogens (tertiary/aromatic N) is 2. The maximum Gasteiger partial charge on any atom is 0.424 e. The molecule has 0 saturated heterocycles. The van der Waals surface area contributed by atoms with Crippen LogP contribution in [0.5, 0.6) is 5.75 Å². The summed E-state index contributed by atoms with van der Waals surface area (Å²) in [6.07, 6.45) is -3.35. The van der Waals surface area contributed by atoms with Gasteiger partial charge in [0.15, 0.2) is 0 Å². The van der Waals surface area contributed by atoms with E-state index in [9.17, 15) is 28.2 Å². The number of phenolic OH excluding ortho intramolecular Hbond substituents is 1. The van der Waals surface area contributed by atoms with Crippen LogP contribution < -0.4 is 5.32 Å². The Morgan fingerprint density at radius 3 is 2.60 bits per heavy atom. The molecule has 0 aliphatic heterocycles. The first-order valence-electron chi connectivity index (χ1n) is 7.41. The van der Waals surface area contributed by atoms with Crippen LogP contribution in [0.15, 0.2) is 30.6 Å². The van der Waals surface area contributed by atoms with Gasteiger partial charge in [-0.3, -0.25) is 4.79 Å². The van der Waals surface area contributed by atoms with Crippen LogP contribution in [-0.4, -0.2) is 38.4 Å². The van der Waals surface area contributed by atoms with Crippen LogP contribution in [0.2, 0.25) is 0 Å². The maximum absolute atomic E-state index is 13.4. The van der Waals surface area contributed by atoms with E-state index in [1.165, 1.54) is 25.4 Å². The quantitative estimate of drug-likeness (QED) is 0.764. The number of alkyl halides is 3. The molecule has 6 nitrogen and oxygen atoms in total. The standard InChI is InChI=1S/C16H18F3N3O3/c1-10-3-4-12(23)11(9-10)13(24)20-6-5-15(25,16(17,18)19)14-21-7-8-22(14)2/h3-4,7-9,23,25H,5-6H2,1-2H3,(H,20,24). The number of aromatic hydroxyl groups is 1. The van der Waals surface area contributed by atoms with Crippen molar-refractivity contribution in [1.29, 1.82) is 0 Å². The highest BCUT2D eigenvalue weighted by Crippen LogP contribution is 2.40. The topological polar surface area (TPSA) is 87.4 Å². The molecule has 3 N–H and O–H groups in total. The summed E-state index contributed by atoms with van der Waals surface area (Å²) in [7, 11) is 1.34. The summed E-state index contributed by atoms with van der Waals surface area (Å²) in [4.78, 5) is 15.6. The number of carbonyl (C=O) groups is 1. The number of aromatic nitrogens is 2. The van der Waals surface area contributed by atoms with Crippen LogP contribution in [0.1, 0.15) is 28.2 Å². The van der Waals surface area contributed by atoms with Crippen LogP contribution in [-0.2, 0) is 12.6 Å². The molecule has 1 atom stereocenters. The number of hydrogen-bond donors (Lipinski definition) is 3. The van der Waals surface area contributed by atoms with Crippen molar-refractivity contribution in [3.63, 3.8) is 0 Å². The second-order valence-electron chi connectivity index (χ2n) is 5.75. The van der Waals surface area contributed by atoms with Gasteiger partial charge in [0.25, 0.3) is 5.91 Å². The molecule has 1 aromatic carbocycles. The van der Waals surface area contributed by atoms with Crippen LogP contribution in [0.4, 0.5) is 13.2 Å². The van der Waals surface area contributed by atoms with Crippen LogP contribution in [0.25, 0.3) is 0 Å². The second-order valence-corrected chi connectivity index (χ2v) is 5.75. The molecule has 2 rings (SSSR count). The van der Waals surface area contributed by atoms with E-state index >= 15 is 0 Å². The molecular formula is C16H18F3N3O3. The van der Waals surface area contributed by atoms with Crippen LogP contribution >= 0.6 is 0 Å². The molecule has 136 valence electrons. The molecule has 0 fully saturated rings. The number of amides is 1. The van der Waals surface area contributed by atoms with Gasteiger partial charge in [-0.05, 0) is 19.1 Å². The minimum absolute atomic E-state index is 0.0486. The summed E-state index contributed by atoms with van der Waals surface area (Å²) in [6, 6.07) is 4.33. The van der Waals surface area contributed by atoms with E-state index in [0.717, 1.165) is 10.8 Å². The van der Waals surface area contributed by atoms with Crippen molar-refractivity contribution in [2.24, 2.45) is 7.05 Å². The molecule has 0 radical (unpaired) electrons. The lowest BCUT2D eigenvalue weighted by atomic mass is 9.97. The Labute approximate surface area is 141 Å². The Balaban J connectivity index is 2.13. The first-order chi connectivity index (χ1) is 11.6. The highest BCUT2D eigenvalue weighted by atomic mass is 19.4. The van der Waals surface area contributed by atoms with Crippen molar-refractivity contribution < 1.29 is 28.2 Å². The van der Waals surface area contributed by atoms with Crippen molar-refractivity contribution in [1.82, 2.24) is 14.9 Å². The molecule has 0 spiro atoms. The van der Waals surface area contributed by atoms with Gasteiger partial charge in [-0.1, -0.05) is 11.6 Å². The number of phenols is 1. The summed E-state index contributed by atoms with van der Waals surface area (Å²) in [6.45, 7) is 1.24. The average molecular weight is 357 g/mol. The van der Waals surface area contributed by atoms with Crippen molar-refractivity contribution in [2.75, 3.05) is 6.54 Å². The summed E-state index contributed by atoms with van der Waals surface area (Å²) in [5.74, 6) is -1.57. The van der Waals surface area contributed by atoms with Gasteiger partial charge in [-0.25, -0.2) is 4.98 Å². The monoisotopic (exact) mass is 357 g/mol. The maximum atomic E-state index is 13.4. The number of benzene rings is 1. The zero-order valence-corrected chi connectivity index (χ0v) is 13.6. The third-order valence-corrected chi connectivity index (χ3v) is 3.83. The van der Waals surface area contributed by atoms with Crippen molar-refractivity contribution >= 4 is 5.91 Å². The van der Waals surface area contributed by atoms with E-state index in [0.29, 0.717) is 5.56 Å². The van der Waals surface area contributed by atoms with Crippen molar-refractivity contribution in [3.8, 4) is 5.75 Å². The molecular weight excluding hydrogens is 339 g/mol. The van der Waals surface area contributed by atoms with E-state index in [1.54, 1.807) is 13.0 Å². The molecule has 2 aromatic rings. The number of halogens is 3. The molecule has 0 aliphatic rings. The molecule has 0 saturated carbocycles. The third-order valence-electron chi connectivity index (χ3n) is 3.83. The van der Waals surface area contributed by atoms with Gasteiger partial charge in [-0.15, -0.1) is 0 Å². The lowest BCUT2D eigenvalue weighted by molar-refractivity contribution is -0.272. The number of carbonyl (C=O) groups excluding carboxylic acids is 1. The minimum Gasteiger partial charge on any atom is -0.507 e. The highest BCUT2D eigenvalue weighted by molar-refractivity contribution is 5.96. The van der Waals surface area contributed by atoms with E-state index in [-0.39, 0.29) is 11.3 Å². The first-order valence-corrected chi connectivity index (χ1v) is 7.41. The Morgan fingerprint density at radius 2 is 2.04 bits per heavy atom. The largest absolute Gasteiger partial charge is 0.507 e. The number of aryl methyl sites for hydroxylation is 2. The zero-order chi connectivity index (χ0) is 18.8. The fourth-order valence-corrected chi connectivity index (χ4v) is 2.43. The fourth-order valence-electron chi connectivity index (χ4n) is 2.43. The van der Waals surface area contributed by atoms with E-state index in [2.05, 4.69) is 10.3 Å². The summed E-state index contributed by atoms with van der Waals surface area (Å²) in [5.41, 5.74) is -2.54. The molecule has 25 heavy (non-hydrogen) atoms. The van der Waals surface area contributed by atoms with Gasteiger partial charge in [-0.2, -0.15) is 13.2 Å². The molecule has 1 unspecified atom stereocenters. The number of hydrogen-bond acceptors (Lipinski definition) is 4. The summed E-state index contributed by atoms with van der Waals surface area (Å²) >= 11 is 0. The molecule has 0 aliphatic carbocycles. The number of aliphatic hydroxyl groups is 1. The molecule has 0 bridgehead atoms. The Hall–Kier alpha value is -2.55. The fraction of sp³-hybridized carbons (Fsp3) is 0.375. The predicted octanol–water partition coefficient (Wildman–Crippen LogP) is 2.00. The van der Waals surface area contributed by atoms with Gasteiger partial charge < -0.3 is 20.1 Å². The first kappa shape index (κ1) is 18.8. The Bertz CT molecular complexity index is 773. The van der Waals surface area contributed by atoms with E-state index in [4.69, 9.17) is 0 Å². The van der Waals surface area contributed by atoms with Crippen LogP contribution in [0, 0.1) is 6.92 Å². The zero-order valence-electron chi connectivity index (χ0n) is 13.6. The molecule has 9 heteroatoms.